The molecular weight excluding hydrogens is 340 g/mol. The maximum Gasteiger partial charge on any atom is 0.168 e. The second-order valence-corrected chi connectivity index (χ2v) is 7.85. The van der Waals surface area contributed by atoms with Crippen LogP contribution in [0.4, 0.5) is 0 Å². The molecule has 0 amide bonds. The standard InChI is InChI=1S/C22H24N2OS/c1-26-21-11-5-3-9-19(21)22(25)16-7-6-12-24(14-16)15-17-13-23-20-10-4-2-8-18(17)20/h2-5,8-11,13,16,23H,6-7,12,14-15H2,1H3/t16-/m1/s1. The highest BCUT2D eigenvalue weighted by Crippen LogP contribution is 2.28. The number of piperidine rings is 1. The second-order valence-electron chi connectivity index (χ2n) is 7.00. The molecule has 3 nitrogen and oxygen atoms in total. The van der Waals surface area contributed by atoms with E-state index >= 15 is 0 Å². The molecule has 1 aliphatic heterocycles. The van der Waals surface area contributed by atoms with Gasteiger partial charge in [-0.2, -0.15) is 0 Å². The quantitative estimate of drug-likeness (QED) is 0.512. The van der Waals surface area contributed by atoms with Crippen molar-refractivity contribution in [1.29, 1.82) is 0 Å². The van der Waals surface area contributed by atoms with Crippen molar-refractivity contribution in [3.05, 3.63) is 65.9 Å². The minimum absolute atomic E-state index is 0.0993. The predicted octanol–water partition coefficient (Wildman–Crippen LogP) is 4.98. The number of hydrogen-bond donors (Lipinski definition) is 1. The van der Waals surface area contributed by atoms with Crippen molar-refractivity contribution in [3.8, 4) is 0 Å². The van der Waals surface area contributed by atoms with Gasteiger partial charge in [0.2, 0.25) is 0 Å². The summed E-state index contributed by atoms with van der Waals surface area (Å²) in [5, 5.41) is 1.29. The van der Waals surface area contributed by atoms with Crippen LogP contribution in [0.5, 0.6) is 0 Å². The number of thioether (sulfide) groups is 1. The summed E-state index contributed by atoms with van der Waals surface area (Å²) in [7, 11) is 0. The first-order chi connectivity index (χ1) is 12.8. The van der Waals surface area contributed by atoms with Gasteiger partial charge in [0.25, 0.3) is 0 Å². The summed E-state index contributed by atoms with van der Waals surface area (Å²) >= 11 is 1.66. The van der Waals surface area contributed by atoms with Gasteiger partial charge in [-0.3, -0.25) is 9.69 Å². The molecule has 0 bridgehead atoms. The average molecular weight is 365 g/mol. The van der Waals surface area contributed by atoms with Crippen molar-refractivity contribution >= 4 is 28.4 Å². The van der Waals surface area contributed by atoms with Crippen LogP contribution >= 0.6 is 11.8 Å². The molecule has 3 aromatic rings. The van der Waals surface area contributed by atoms with Crippen molar-refractivity contribution in [3.63, 3.8) is 0 Å². The largest absolute Gasteiger partial charge is 0.361 e. The summed E-state index contributed by atoms with van der Waals surface area (Å²) in [4.78, 5) is 20.0. The highest BCUT2D eigenvalue weighted by atomic mass is 32.2. The second kappa shape index (κ2) is 7.68. The summed E-state index contributed by atoms with van der Waals surface area (Å²) in [5.74, 6) is 0.404. The third-order valence-corrected chi connectivity index (χ3v) is 6.11. The number of ketones is 1. The van der Waals surface area contributed by atoms with E-state index in [9.17, 15) is 4.79 Å². The zero-order valence-corrected chi connectivity index (χ0v) is 15.9. The average Bonchev–Trinajstić information content (AvgIpc) is 3.10. The van der Waals surface area contributed by atoms with Crippen LogP contribution in [-0.4, -0.2) is 35.0 Å². The number of rotatable bonds is 5. The lowest BCUT2D eigenvalue weighted by molar-refractivity contribution is 0.0809. The van der Waals surface area contributed by atoms with Crippen molar-refractivity contribution in [2.45, 2.75) is 24.3 Å². The third-order valence-electron chi connectivity index (χ3n) is 5.32. The van der Waals surface area contributed by atoms with E-state index in [1.165, 1.54) is 16.5 Å². The molecule has 0 spiro atoms. The van der Waals surface area contributed by atoms with Gasteiger partial charge in [-0.1, -0.05) is 36.4 Å². The Labute approximate surface area is 158 Å². The van der Waals surface area contributed by atoms with Gasteiger partial charge in [0.15, 0.2) is 5.78 Å². The van der Waals surface area contributed by atoms with Gasteiger partial charge in [-0.05, 0) is 43.3 Å². The highest BCUT2D eigenvalue weighted by molar-refractivity contribution is 7.98. The Morgan fingerprint density at radius 3 is 2.88 bits per heavy atom. The van der Waals surface area contributed by atoms with E-state index in [0.717, 1.165) is 42.9 Å². The van der Waals surface area contributed by atoms with Gasteiger partial charge in [0.1, 0.15) is 0 Å². The number of para-hydroxylation sites is 1. The number of aromatic nitrogens is 1. The van der Waals surface area contributed by atoms with Crippen LogP contribution in [0.3, 0.4) is 0 Å². The number of nitrogens with one attached hydrogen (secondary N) is 1. The molecule has 1 aromatic heterocycles. The number of carbonyl (C=O) groups excluding carboxylic acids is 1. The molecule has 4 heteroatoms. The number of fused-ring (bicyclic) bond motifs is 1. The third kappa shape index (κ3) is 3.44. The van der Waals surface area contributed by atoms with Gasteiger partial charge in [0, 0.05) is 46.6 Å². The zero-order valence-electron chi connectivity index (χ0n) is 15.1. The summed E-state index contributed by atoms with van der Waals surface area (Å²) in [6, 6.07) is 16.4. The van der Waals surface area contributed by atoms with Crippen LogP contribution in [0.1, 0.15) is 28.8 Å². The summed E-state index contributed by atoms with van der Waals surface area (Å²) < 4.78 is 0. The summed E-state index contributed by atoms with van der Waals surface area (Å²) in [5.41, 5.74) is 3.39. The number of carbonyl (C=O) groups is 1. The van der Waals surface area contributed by atoms with Crippen LogP contribution in [0.2, 0.25) is 0 Å². The molecule has 1 aliphatic rings. The molecule has 2 heterocycles. The van der Waals surface area contributed by atoms with Gasteiger partial charge in [-0.25, -0.2) is 0 Å². The number of benzene rings is 2. The Kier molecular flexibility index (Phi) is 5.14. The smallest absolute Gasteiger partial charge is 0.168 e. The van der Waals surface area contributed by atoms with Gasteiger partial charge in [0.05, 0.1) is 0 Å². The Bertz CT molecular complexity index is 917. The van der Waals surface area contributed by atoms with Crippen molar-refractivity contribution in [1.82, 2.24) is 9.88 Å². The van der Waals surface area contributed by atoms with E-state index in [2.05, 4.69) is 40.3 Å². The van der Waals surface area contributed by atoms with Crippen molar-refractivity contribution < 1.29 is 4.79 Å². The molecule has 4 rings (SSSR count). The van der Waals surface area contributed by atoms with E-state index in [0.29, 0.717) is 5.78 Å². The monoisotopic (exact) mass is 364 g/mol. The van der Waals surface area contributed by atoms with Gasteiger partial charge in [-0.15, -0.1) is 11.8 Å². The maximum absolute atomic E-state index is 13.1. The lowest BCUT2D eigenvalue weighted by Gasteiger charge is -2.32. The maximum atomic E-state index is 13.1. The normalized spacial score (nSPS) is 18.3. The molecular formula is C22H24N2OS. The Balaban J connectivity index is 1.50. The van der Waals surface area contributed by atoms with Crippen LogP contribution in [0, 0.1) is 5.92 Å². The first-order valence-electron chi connectivity index (χ1n) is 9.21. The molecule has 1 saturated heterocycles. The van der Waals surface area contributed by atoms with E-state index in [-0.39, 0.29) is 5.92 Å². The Hall–Kier alpha value is -2.04. The molecule has 0 radical (unpaired) electrons. The number of likely N-dealkylation sites (tertiary alicyclic amines) is 1. The fourth-order valence-corrected chi connectivity index (χ4v) is 4.59. The first kappa shape index (κ1) is 17.4. The van der Waals surface area contributed by atoms with Crippen LogP contribution in [-0.2, 0) is 6.54 Å². The molecule has 1 atom stereocenters. The molecule has 0 saturated carbocycles. The molecule has 0 unspecified atom stereocenters. The van der Waals surface area contributed by atoms with E-state index in [1.54, 1.807) is 11.8 Å². The lowest BCUT2D eigenvalue weighted by atomic mass is 9.89. The number of H-pyrrole nitrogens is 1. The number of aromatic amines is 1. The minimum Gasteiger partial charge on any atom is -0.361 e. The van der Waals surface area contributed by atoms with E-state index < -0.39 is 0 Å². The zero-order chi connectivity index (χ0) is 17.9. The molecule has 1 fully saturated rings. The van der Waals surface area contributed by atoms with Crippen LogP contribution in [0.15, 0.2) is 59.6 Å². The van der Waals surface area contributed by atoms with Crippen LogP contribution in [0.25, 0.3) is 10.9 Å². The Morgan fingerprint density at radius 2 is 2.00 bits per heavy atom. The fraction of sp³-hybridized carbons (Fsp3) is 0.318. The predicted molar refractivity (Wildman–Crippen MR) is 109 cm³/mol. The number of Topliss-reactive ketones (excluding diaryl/α,β-unsaturated/α-hetero) is 1. The molecule has 134 valence electrons. The first-order valence-corrected chi connectivity index (χ1v) is 10.4. The van der Waals surface area contributed by atoms with Crippen molar-refractivity contribution in [2.24, 2.45) is 5.92 Å². The fourth-order valence-electron chi connectivity index (χ4n) is 3.98. The van der Waals surface area contributed by atoms with Crippen LogP contribution < -0.4 is 0 Å². The lowest BCUT2D eigenvalue weighted by Crippen LogP contribution is -2.38. The van der Waals surface area contributed by atoms with Gasteiger partial charge >= 0.3 is 0 Å². The number of hydrogen-bond acceptors (Lipinski definition) is 3. The van der Waals surface area contributed by atoms with E-state index in [1.807, 2.05) is 30.5 Å². The number of nitrogens with zero attached hydrogens (tertiary/aromatic N) is 1. The van der Waals surface area contributed by atoms with Gasteiger partial charge < -0.3 is 4.98 Å². The molecule has 0 aliphatic carbocycles. The summed E-state index contributed by atoms with van der Waals surface area (Å²) in [6.45, 7) is 2.81. The summed E-state index contributed by atoms with van der Waals surface area (Å²) in [6.07, 6.45) is 6.22. The van der Waals surface area contributed by atoms with E-state index in [4.69, 9.17) is 0 Å². The highest BCUT2D eigenvalue weighted by Gasteiger charge is 2.28. The minimum atomic E-state index is 0.0993. The SMILES string of the molecule is CSc1ccccc1C(=O)[C@@H]1CCCN(Cc2c[nH]c3ccccc23)C1. The Morgan fingerprint density at radius 1 is 1.19 bits per heavy atom. The molecule has 1 N–H and O–H groups in total. The molecule has 26 heavy (non-hydrogen) atoms. The van der Waals surface area contributed by atoms with Crippen molar-refractivity contribution in [2.75, 3.05) is 19.3 Å². The molecule has 2 aromatic carbocycles. The topological polar surface area (TPSA) is 36.1 Å².